The van der Waals surface area contributed by atoms with Crippen molar-refractivity contribution < 1.29 is 4.79 Å². The van der Waals surface area contributed by atoms with Crippen LogP contribution in [0.5, 0.6) is 0 Å². The Morgan fingerprint density at radius 3 is 2.78 bits per heavy atom. The van der Waals surface area contributed by atoms with E-state index in [0.29, 0.717) is 6.42 Å². The quantitative estimate of drug-likeness (QED) is 0.474. The standard InChI is InChI=1S/C6H12ClNO/c1-2-6(8-7)4-3-5-9/h5-6,8H,2-4H2,1H3. The average molecular weight is 150 g/mol. The second-order valence-corrected chi connectivity index (χ2v) is 2.18. The lowest BCUT2D eigenvalue weighted by Crippen LogP contribution is -2.19. The Balaban J connectivity index is 3.19. The Bertz CT molecular complexity index is 73.5. The minimum absolute atomic E-state index is 0.289. The predicted octanol–water partition coefficient (Wildman–Crippen LogP) is 1.49. The van der Waals surface area contributed by atoms with Crippen LogP contribution >= 0.6 is 11.8 Å². The molecule has 0 aliphatic rings. The molecular formula is C6H12ClNO. The van der Waals surface area contributed by atoms with Crippen LogP contribution in [0.2, 0.25) is 0 Å². The highest BCUT2D eigenvalue weighted by Gasteiger charge is 2.01. The number of rotatable bonds is 5. The summed E-state index contributed by atoms with van der Waals surface area (Å²) in [7, 11) is 0. The molecule has 0 aromatic carbocycles. The van der Waals surface area contributed by atoms with Crippen molar-refractivity contribution in [2.24, 2.45) is 0 Å². The molecule has 0 radical (unpaired) electrons. The topological polar surface area (TPSA) is 29.1 Å². The fraction of sp³-hybridized carbons (Fsp3) is 0.833. The van der Waals surface area contributed by atoms with Gasteiger partial charge in [0.1, 0.15) is 6.29 Å². The summed E-state index contributed by atoms with van der Waals surface area (Å²) in [6.07, 6.45) is 3.32. The van der Waals surface area contributed by atoms with E-state index in [-0.39, 0.29) is 6.04 Å². The van der Waals surface area contributed by atoms with Crippen molar-refractivity contribution in [3.63, 3.8) is 0 Å². The molecule has 1 atom stereocenters. The highest BCUT2D eigenvalue weighted by Crippen LogP contribution is 1.99. The second kappa shape index (κ2) is 6.05. The maximum absolute atomic E-state index is 9.87. The lowest BCUT2D eigenvalue weighted by atomic mass is 10.1. The smallest absolute Gasteiger partial charge is 0.120 e. The lowest BCUT2D eigenvalue weighted by molar-refractivity contribution is -0.108. The van der Waals surface area contributed by atoms with Crippen LogP contribution in [0.25, 0.3) is 0 Å². The van der Waals surface area contributed by atoms with Crippen LogP contribution in [0.1, 0.15) is 26.2 Å². The molecule has 1 N–H and O–H groups in total. The first kappa shape index (κ1) is 8.92. The number of carbonyl (C=O) groups is 1. The minimum atomic E-state index is 0.289. The first-order valence-corrected chi connectivity index (χ1v) is 3.52. The molecule has 9 heavy (non-hydrogen) atoms. The van der Waals surface area contributed by atoms with Gasteiger partial charge in [0.05, 0.1) is 0 Å². The zero-order valence-corrected chi connectivity index (χ0v) is 6.32. The highest BCUT2D eigenvalue weighted by molar-refractivity contribution is 6.13. The Labute approximate surface area is 60.7 Å². The summed E-state index contributed by atoms with van der Waals surface area (Å²) in [5.74, 6) is 0. The monoisotopic (exact) mass is 149 g/mol. The summed E-state index contributed by atoms with van der Waals surface area (Å²) < 4.78 is 0. The number of aldehydes is 1. The molecule has 1 unspecified atom stereocenters. The van der Waals surface area contributed by atoms with Crippen molar-refractivity contribution in [1.29, 1.82) is 0 Å². The molecule has 0 aromatic rings. The molecule has 0 rings (SSSR count). The molecule has 2 nitrogen and oxygen atoms in total. The van der Waals surface area contributed by atoms with Crippen LogP contribution in [0.3, 0.4) is 0 Å². The van der Waals surface area contributed by atoms with E-state index in [1.54, 1.807) is 0 Å². The number of halogens is 1. The Morgan fingerprint density at radius 2 is 2.44 bits per heavy atom. The van der Waals surface area contributed by atoms with Gasteiger partial charge in [0, 0.05) is 12.5 Å². The maximum Gasteiger partial charge on any atom is 0.120 e. The van der Waals surface area contributed by atoms with Gasteiger partial charge in [-0.25, -0.2) is 4.84 Å². The third-order valence-electron chi connectivity index (χ3n) is 1.28. The van der Waals surface area contributed by atoms with Gasteiger partial charge in [-0.15, -0.1) is 0 Å². The Hall–Kier alpha value is -0.0800. The van der Waals surface area contributed by atoms with Gasteiger partial charge in [-0.2, -0.15) is 0 Å². The van der Waals surface area contributed by atoms with Crippen molar-refractivity contribution in [2.45, 2.75) is 32.2 Å². The molecular weight excluding hydrogens is 138 g/mol. The largest absolute Gasteiger partial charge is 0.303 e. The Kier molecular flexibility index (Phi) is 5.99. The summed E-state index contributed by atoms with van der Waals surface area (Å²) in [4.78, 5) is 12.5. The summed E-state index contributed by atoms with van der Waals surface area (Å²) in [5, 5.41) is 0. The molecule has 0 amide bonds. The van der Waals surface area contributed by atoms with E-state index in [9.17, 15) is 4.79 Å². The molecule has 0 saturated carbocycles. The van der Waals surface area contributed by atoms with Crippen molar-refractivity contribution >= 4 is 18.1 Å². The van der Waals surface area contributed by atoms with Gasteiger partial charge in [-0.3, -0.25) is 0 Å². The zero-order valence-electron chi connectivity index (χ0n) is 5.56. The van der Waals surface area contributed by atoms with E-state index in [1.807, 2.05) is 6.92 Å². The van der Waals surface area contributed by atoms with Crippen LogP contribution in [0.4, 0.5) is 0 Å². The number of nitrogens with one attached hydrogen (secondary N) is 1. The summed E-state index contributed by atoms with van der Waals surface area (Å²) >= 11 is 5.34. The SMILES string of the molecule is CCC(CCC=O)NCl. The van der Waals surface area contributed by atoms with E-state index < -0.39 is 0 Å². The zero-order chi connectivity index (χ0) is 7.11. The van der Waals surface area contributed by atoms with E-state index >= 15 is 0 Å². The van der Waals surface area contributed by atoms with Crippen LogP contribution < -0.4 is 4.84 Å². The van der Waals surface area contributed by atoms with Gasteiger partial charge in [0.25, 0.3) is 0 Å². The van der Waals surface area contributed by atoms with Crippen molar-refractivity contribution in [1.82, 2.24) is 4.84 Å². The summed E-state index contributed by atoms with van der Waals surface area (Å²) in [5.41, 5.74) is 0. The van der Waals surface area contributed by atoms with Crippen LogP contribution in [-0.4, -0.2) is 12.3 Å². The van der Waals surface area contributed by atoms with Crippen molar-refractivity contribution in [2.75, 3.05) is 0 Å². The average Bonchev–Trinajstić information content (AvgIpc) is 1.91. The molecule has 3 heteroatoms. The fourth-order valence-electron chi connectivity index (χ4n) is 0.605. The number of hydrogen-bond acceptors (Lipinski definition) is 2. The van der Waals surface area contributed by atoms with Gasteiger partial charge in [-0.05, 0) is 24.6 Å². The first-order valence-electron chi connectivity index (χ1n) is 3.15. The first-order chi connectivity index (χ1) is 4.35. The third-order valence-corrected chi connectivity index (χ3v) is 1.59. The lowest BCUT2D eigenvalue weighted by Gasteiger charge is -2.07. The molecule has 0 heterocycles. The molecule has 0 bridgehead atoms. The maximum atomic E-state index is 9.87. The molecule has 0 aliphatic heterocycles. The molecule has 0 saturated heterocycles. The third kappa shape index (κ3) is 4.43. The van der Waals surface area contributed by atoms with E-state index in [2.05, 4.69) is 4.84 Å². The van der Waals surface area contributed by atoms with Gasteiger partial charge >= 0.3 is 0 Å². The number of hydrogen-bond donors (Lipinski definition) is 1. The van der Waals surface area contributed by atoms with Crippen molar-refractivity contribution in [3.8, 4) is 0 Å². The van der Waals surface area contributed by atoms with E-state index in [4.69, 9.17) is 11.8 Å². The summed E-state index contributed by atoms with van der Waals surface area (Å²) in [6.45, 7) is 2.03. The normalized spacial score (nSPS) is 13.1. The van der Waals surface area contributed by atoms with Gasteiger partial charge in [0.2, 0.25) is 0 Å². The molecule has 0 fully saturated rings. The molecule has 0 aliphatic carbocycles. The van der Waals surface area contributed by atoms with Gasteiger partial charge < -0.3 is 4.79 Å². The van der Waals surface area contributed by atoms with Crippen LogP contribution in [0, 0.1) is 0 Å². The predicted molar refractivity (Wildman–Crippen MR) is 38.4 cm³/mol. The molecule has 0 aromatic heterocycles. The van der Waals surface area contributed by atoms with Gasteiger partial charge in [0.15, 0.2) is 0 Å². The fourth-order valence-corrected chi connectivity index (χ4v) is 0.868. The highest BCUT2D eigenvalue weighted by atomic mass is 35.5. The number of carbonyl (C=O) groups excluding carboxylic acids is 1. The van der Waals surface area contributed by atoms with Crippen LogP contribution in [0.15, 0.2) is 0 Å². The summed E-state index contributed by atoms with van der Waals surface area (Å²) in [6, 6.07) is 0.289. The van der Waals surface area contributed by atoms with Gasteiger partial charge in [-0.1, -0.05) is 6.92 Å². The van der Waals surface area contributed by atoms with Crippen molar-refractivity contribution in [3.05, 3.63) is 0 Å². The molecule has 54 valence electrons. The molecule has 0 spiro atoms. The van der Waals surface area contributed by atoms with E-state index in [0.717, 1.165) is 19.1 Å². The van der Waals surface area contributed by atoms with Crippen LogP contribution in [-0.2, 0) is 4.79 Å². The second-order valence-electron chi connectivity index (χ2n) is 1.96. The van der Waals surface area contributed by atoms with E-state index in [1.165, 1.54) is 0 Å². The Morgan fingerprint density at radius 1 is 1.78 bits per heavy atom. The minimum Gasteiger partial charge on any atom is -0.303 e.